The average molecular weight is 518 g/mol. The molecule has 0 saturated heterocycles. The number of benzene rings is 1. The van der Waals surface area contributed by atoms with Gasteiger partial charge in [-0.15, -0.1) is 0 Å². The molecular weight excluding hydrogens is 482 g/mol. The quantitative estimate of drug-likeness (QED) is 0.205. The molecule has 0 amide bonds. The lowest BCUT2D eigenvalue weighted by molar-refractivity contribution is -0.135. The van der Waals surface area contributed by atoms with Crippen molar-refractivity contribution in [3.8, 4) is 22.6 Å². The van der Waals surface area contributed by atoms with Crippen molar-refractivity contribution in [3.63, 3.8) is 0 Å². The fourth-order valence-electron chi connectivity index (χ4n) is 6.33. The number of nitrogens with one attached hydrogen (secondary N) is 1. The number of pyridine rings is 1. The van der Waals surface area contributed by atoms with Crippen molar-refractivity contribution < 1.29 is 24.5 Å². The van der Waals surface area contributed by atoms with Crippen LogP contribution in [0.5, 0.6) is 11.5 Å². The number of esters is 1. The number of Topliss-reactive ketones (excluding diaryl/α,β-unsaturated/α-hetero) is 1. The molecule has 3 aliphatic rings. The van der Waals surface area contributed by atoms with E-state index in [2.05, 4.69) is 4.98 Å². The van der Waals surface area contributed by atoms with Gasteiger partial charge >= 0.3 is 5.97 Å². The molecule has 200 valence electrons. The first-order valence-corrected chi connectivity index (χ1v) is 13.5. The van der Waals surface area contributed by atoms with E-state index in [1.165, 1.54) is 6.20 Å². The first kappa shape index (κ1) is 26.2. The van der Waals surface area contributed by atoms with Crippen LogP contribution in [-0.4, -0.2) is 33.6 Å². The van der Waals surface area contributed by atoms with Crippen molar-refractivity contribution in [2.24, 2.45) is 35.5 Å². The van der Waals surface area contributed by atoms with E-state index in [0.29, 0.717) is 22.8 Å². The molecule has 1 aromatic heterocycles. The molecule has 0 bridgehead atoms. The molecule has 1 heterocycles. The summed E-state index contributed by atoms with van der Waals surface area (Å²) < 4.78 is 5.38. The van der Waals surface area contributed by atoms with Gasteiger partial charge in [0.2, 0.25) is 0 Å². The van der Waals surface area contributed by atoms with Crippen LogP contribution in [0.15, 0.2) is 59.1 Å². The highest BCUT2D eigenvalue weighted by atomic mass is 16.5. The Morgan fingerprint density at radius 1 is 1.13 bits per heavy atom. The van der Waals surface area contributed by atoms with Crippen molar-refractivity contribution in [3.05, 3.63) is 70.2 Å². The number of rotatable bonds is 7. The highest BCUT2D eigenvalue weighted by molar-refractivity contribution is 6.03. The number of ketones is 1. The van der Waals surface area contributed by atoms with E-state index in [0.717, 1.165) is 37.7 Å². The Labute approximate surface area is 222 Å². The Balaban J connectivity index is 1.47. The number of allylic oxidation sites excluding steroid dienone is 4. The van der Waals surface area contributed by atoms with Crippen LogP contribution in [0.25, 0.3) is 11.1 Å². The molecule has 2 aromatic rings. The lowest BCUT2D eigenvalue weighted by Crippen LogP contribution is -2.41. The van der Waals surface area contributed by atoms with E-state index in [1.807, 2.05) is 32.1 Å². The molecule has 7 heteroatoms. The van der Waals surface area contributed by atoms with Crippen LogP contribution in [0.4, 0.5) is 0 Å². The number of hydrogen-bond donors (Lipinski definition) is 3. The molecule has 3 aliphatic carbocycles. The maximum Gasteiger partial charge on any atom is 0.314 e. The monoisotopic (exact) mass is 517 g/mol. The summed E-state index contributed by atoms with van der Waals surface area (Å²) in [4.78, 5) is 41.5. The number of aromatic amines is 1. The van der Waals surface area contributed by atoms with Crippen LogP contribution in [0.2, 0.25) is 0 Å². The first-order chi connectivity index (χ1) is 18.3. The number of hydrogen-bond acceptors (Lipinski definition) is 6. The van der Waals surface area contributed by atoms with Gasteiger partial charge in [-0.1, -0.05) is 35.9 Å². The number of aliphatic hydroxyl groups is 1. The van der Waals surface area contributed by atoms with Gasteiger partial charge in [0, 0.05) is 24.3 Å². The summed E-state index contributed by atoms with van der Waals surface area (Å²) in [7, 11) is 0. The maximum atomic E-state index is 14.0. The third-order valence-electron chi connectivity index (χ3n) is 8.53. The Hall–Kier alpha value is -3.45. The molecule has 3 N–H and O–H groups in total. The van der Waals surface area contributed by atoms with Crippen molar-refractivity contribution in [2.75, 3.05) is 6.61 Å². The topological polar surface area (TPSA) is 117 Å². The fourth-order valence-corrected chi connectivity index (χ4v) is 6.33. The van der Waals surface area contributed by atoms with Crippen molar-refractivity contribution in [1.82, 2.24) is 4.98 Å². The summed E-state index contributed by atoms with van der Waals surface area (Å²) in [5.74, 6) is -0.597. The number of carbonyl (C=O) groups is 2. The molecule has 38 heavy (non-hydrogen) atoms. The minimum atomic E-state index is -0.629. The number of aromatic nitrogens is 1. The zero-order valence-electron chi connectivity index (χ0n) is 21.9. The number of carbonyl (C=O) groups excluding carboxylic acids is 2. The summed E-state index contributed by atoms with van der Waals surface area (Å²) in [6.07, 6.45) is 11.8. The molecule has 0 radical (unpaired) electrons. The Morgan fingerprint density at radius 3 is 2.53 bits per heavy atom. The number of ether oxygens (including phenoxy) is 1. The van der Waals surface area contributed by atoms with Crippen LogP contribution in [0.1, 0.15) is 56.3 Å². The lowest BCUT2D eigenvalue weighted by atomic mass is 9.59. The van der Waals surface area contributed by atoms with E-state index >= 15 is 0 Å². The van der Waals surface area contributed by atoms with E-state index in [9.17, 15) is 24.6 Å². The summed E-state index contributed by atoms with van der Waals surface area (Å²) >= 11 is 0. The van der Waals surface area contributed by atoms with Crippen LogP contribution in [0, 0.1) is 35.5 Å². The third kappa shape index (κ3) is 4.99. The van der Waals surface area contributed by atoms with Crippen LogP contribution >= 0.6 is 0 Å². The zero-order valence-corrected chi connectivity index (χ0v) is 21.9. The van der Waals surface area contributed by atoms with Gasteiger partial charge in [0.1, 0.15) is 17.1 Å². The number of H-pyrrole nitrogens is 1. The highest BCUT2D eigenvalue weighted by Crippen LogP contribution is 2.49. The van der Waals surface area contributed by atoms with E-state index < -0.39 is 17.3 Å². The minimum Gasteiger partial charge on any atom is -0.506 e. The van der Waals surface area contributed by atoms with Crippen molar-refractivity contribution >= 4 is 11.8 Å². The lowest BCUT2D eigenvalue weighted by Gasteiger charge is -2.45. The van der Waals surface area contributed by atoms with Gasteiger partial charge in [-0.2, -0.15) is 0 Å². The number of fused-ring (bicyclic) bond motifs is 1. The summed E-state index contributed by atoms with van der Waals surface area (Å²) in [5, 5.41) is 21.0. The molecule has 2 fully saturated rings. The molecule has 5 rings (SSSR count). The maximum absolute atomic E-state index is 14.0. The number of aromatic hydroxyl groups is 1. The van der Waals surface area contributed by atoms with E-state index in [1.54, 1.807) is 24.3 Å². The van der Waals surface area contributed by atoms with Gasteiger partial charge in [0.25, 0.3) is 5.56 Å². The average Bonchev–Trinajstić information content (AvgIpc) is 3.76. The van der Waals surface area contributed by atoms with Crippen molar-refractivity contribution in [2.45, 2.75) is 46.0 Å². The zero-order chi connectivity index (χ0) is 27.0. The second kappa shape index (κ2) is 10.7. The Bertz CT molecular complexity index is 1330. The smallest absolute Gasteiger partial charge is 0.314 e. The Kier molecular flexibility index (Phi) is 7.39. The minimum absolute atomic E-state index is 0.0197. The molecule has 0 spiro atoms. The van der Waals surface area contributed by atoms with Gasteiger partial charge < -0.3 is 19.9 Å². The molecular formula is C31H35NO6. The molecule has 1 aromatic carbocycles. The third-order valence-corrected chi connectivity index (χ3v) is 8.53. The first-order valence-electron chi connectivity index (χ1n) is 13.5. The number of aliphatic hydroxyl groups excluding tert-OH is 1. The second-order valence-corrected chi connectivity index (χ2v) is 11.0. The normalized spacial score (nSPS) is 27.0. The van der Waals surface area contributed by atoms with Crippen molar-refractivity contribution in [1.29, 1.82) is 0 Å². The van der Waals surface area contributed by atoms with Gasteiger partial charge in [-0.05, 0) is 87.3 Å². The van der Waals surface area contributed by atoms with Crippen LogP contribution in [-0.2, 0) is 4.79 Å². The summed E-state index contributed by atoms with van der Waals surface area (Å²) in [5.41, 5.74) is 1.16. The highest BCUT2D eigenvalue weighted by Gasteiger charge is 2.44. The molecule has 7 nitrogen and oxygen atoms in total. The summed E-state index contributed by atoms with van der Waals surface area (Å²) in [6, 6.07) is 6.65. The summed E-state index contributed by atoms with van der Waals surface area (Å²) in [6.45, 7) is 4.10. The van der Waals surface area contributed by atoms with E-state index in [4.69, 9.17) is 4.74 Å². The largest absolute Gasteiger partial charge is 0.506 e. The molecule has 0 aliphatic heterocycles. The van der Waals surface area contributed by atoms with Gasteiger partial charge in [0.05, 0.1) is 5.92 Å². The fraction of sp³-hybridized carbons (Fsp3) is 0.452. The van der Waals surface area contributed by atoms with Crippen LogP contribution in [0.3, 0.4) is 0 Å². The SMILES string of the molecule is C/C=C/[C@@H]1[C@H]2C[C@@H](CO)CC[C@@H]2C(C)=C[C@H]1C(=O)c1c(O)c(-c2ccc(OC(=O)C3CC3)cc2)c[nH]c1=O. The molecule has 5 atom stereocenters. The van der Waals surface area contributed by atoms with Crippen LogP contribution < -0.4 is 10.3 Å². The predicted molar refractivity (Wildman–Crippen MR) is 144 cm³/mol. The predicted octanol–water partition coefficient (Wildman–Crippen LogP) is 5.04. The van der Waals surface area contributed by atoms with Gasteiger partial charge in [0.15, 0.2) is 5.78 Å². The van der Waals surface area contributed by atoms with Gasteiger partial charge in [-0.25, -0.2) is 0 Å². The standard InChI is InChI=1S/C31H35NO6/c1-3-4-23-24-14-18(16-33)5-12-22(24)17(2)13-25(23)28(34)27-29(35)26(15-32-30(27)36)19-8-10-21(11-9-19)38-31(37)20-6-7-20/h3-4,8-11,13,15,18,20,22-25,33H,5-7,12,14,16H2,1-2H3,(H2,32,35,36)/b4-3+/t18-,22+,23+,24-,25+/m0/s1. The molecule has 0 unspecified atom stereocenters. The second-order valence-electron chi connectivity index (χ2n) is 11.0. The molecule has 2 saturated carbocycles. The van der Waals surface area contributed by atoms with Gasteiger partial charge in [-0.3, -0.25) is 14.4 Å². The van der Waals surface area contributed by atoms with E-state index in [-0.39, 0.29) is 47.6 Å². The Morgan fingerprint density at radius 2 is 1.87 bits per heavy atom.